The summed E-state index contributed by atoms with van der Waals surface area (Å²) in [5.74, 6) is 0.996. The molecule has 0 aromatic carbocycles. The zero-order valence-corrected chi connectivity index (χ0v) is 10.2. The van der Waals surface area contributed by atoms with Gasteiger partial charge in [0.1, 0.15) is 12.2 Å². The summed E-state index contributed by atoms with van der Waals surface area (Å²) in [6, 6.07) is 0.348. The second-order valence-corrected chi connectivity index (χ2v) is 4.46. The third-order valence-corrected chi connectivity index (χ3v) is 3.05. The molecule has 4 nitrogen and oxygen atoms in total. The van der Waals surface area contributed by atoms with Crippen molar-refractivity contribution in [1.29, 1.82) is 0 Å². The highest BCUT2D eigenvalue weighted by atomic mass is 15.3. The lowest BCUT2D eigenvalue weighted by atomic mass is 9.90. The van der Waals surface area contributed by atoms with E-state index in [0.717, 1.165) is 25.1 Å². The molecule has 1 aromatic rings. The van der Waals surface area contributed by atoms with Crippen molar-refractivity contribution in [1.82, 2.24) is 14.8 Å². The highest BCUT2D eigenvalue weighted by molar-refractivity contribution is 4.97. The summed E-state index contributed by atoms with van der Waals surface area (Å²) in [7, 11) is 0. The Morgan fingerprint density at radius 1 is 1.40 bits per heavy atom. The maximum atomic E-state index is 6.28. The van der Waals surface area contributed by atoms with Crippen LogP contribution in [0.25, 0.3) is 0 Å². The van der Waals surface area contributed by atoms with Crippen LogP contribution in [0.4, 0.5) is 0 Å². The number of nitrogens with zero attached hydrogens (tertiary/aromatic N) is 3. The second-order valence-electron chi connectivity index (χ2n) is 4.46. The van der Waals surface area contributed by atoms with Crippen LogP contribution in [0.2, 0.25) is 0 Å². The fourth-order valence-electron chi connectivity index (χ4n) is 1.65. The monoisotopic (exact) mass is 210 g/mol. The van der Waals surface area contributed by atoms with Crippen LogP contribution in [0, 0.1) is 0 Å². The van der Waals surface area contributed by atoms with Crippen LogP contribution in [0.3, 0.4) is 0 Å². The van der Waals surface area contributed by atoms with Crippen molar-refractivity contribution in [2.75, 3.05) is 0 Å². The van der Waals surface area contributed by atoms with Gasteiger partial charge in [-0.2, -0.15) is 5.10 Å². The van der Waals surface area contributed by atoms with E-state index in [2.05, 4.69) is 37.8 Å². The van der Waals surface area contributed by atoms with Crippen molar-refractivity contribution in [3.05, 3.63) is 12.2 Å². The first kappa shape index (κ1) is 12.2. The Bertz CT molecular complexity index is 299. The number of hydrogen-bond acceptors (Lipinski definition) is 3. The molecule has 0 spiro atoms. The molecule has 0 saturated heterocycles. The number of rotatable bonds is 5. The molecule has 0 unspecified atom stereocenters. The lowest BCUT2D eigenvalue weighted by molar-refractivity contribution is 0.368. The summed E-state index contributed by atoms with van der Waals surface area (Å²) in [6.45, 7) is 8.46. The molecule has 4 heteroatoms. The van der Waals surface area contributed by atoms with Crippen LogP contribution in [0.15, 0.2) is 6.33 Å². The highest BCUT2D eigenvalue weighted by Gasteiger charge is 2.23. The Labute approximate surface area is 91.9 Å². The van der Waals surface area contributed by atoms with E-state index < -0.39 is 0 Å². The largest absolute Gasteiger partial charge is 0.325 e. The molecule has 1 heterocycles. The second kappa shape index (κ2) is 4.75. The van der Waals surface area contributed by atoms with Gasteiger partial charge >= 0.3 is 0 Å². The molecule has 0 amide bonds. The van der Waals surface area contributed by atoms with Gasteiger partial charge in [-0.05, 0) is 26.7 Å². The van der Waals surface area contributed by atoms with E-state index >= 15 is 0 Å². The van der Waals surface area contributed by atoms with Crippen molar-refractivity contribution in [3.8, 4) is 0 Å². The van der Waals surface area contributed by atoms with E-state index in [1.807, 2.05) is 4.68 Å². The molecule has 2 N–H and O–H groups in total. The number of aromatic nitrogens is 3. The van der Waals surface area contributed by atoms with Gasteiger partial charge in [0.25, 0.3) is 0 Å². The van der Waals surface area contributed by atoms with Crippen molar-refractivity contribution in [3.63, 3.8) is 0 Å². The van der Waals surface area contributed by atoms with E-state index in [9.17, 15) is 0 Å². The Morgan fingerprint density at radius 3 is 2.47 bits per heavy atom. The zero-order valence-electron chi connectivity index (χ0n) is 10.2. The molecule has 0 fully saturated rings. The summed E-state index contributed by atoms with van der Waals surface area (Å²) in [5, 5.41) is 4.22. The molecule has 0 atom stereocenters. The predicted octanol–water partition coefficient (Wildman–Crippen LogP) is 1.92. The minimum Gasteiger partial charge on any atom is -0.325 e. The quantitative estimate of drug-likeness (QED) is 0.807. The molecular formula is C11H22N4. The Kier molecular flexibility index (Phi) is 3.85. The van der Waals surface area contributed by atoms with Gasteiger partial charge in [0.15, 0.2) is 0 Å². The van der Waals surface area contributed by atoms with E-state index in [-0.39, 0.29) is 5.54 Å². The van der Waals surface area contributed by atoms with Gasteiger partial charge in [-0.3, -0.25) is 0 Å². The summed E-state index contributed by atoms with van der Waals surface area (Å²) in [5.41, 5.74) is 6.14. The SMILES string of the molecule is CCC(N)(CC)Cc1ncnn1C(C)C. The van der Waals surface area contributed by atoms with E-state index in [4.69, 9.17) is 5.73 Å². The molecule has 0 bridgehead atoms. The average molecular weight is 210 g/mol. The van der Waals surface area contributed by atoms with Gasteiger partial charge < -0.3 is 5.73 Å². The first-order valence-electron chi connectivity index (χ1n) is 5.69. The Morgan fingerprint density at radius 2 is 2.00 bits per heavy atom. The lowest BCUT2D eigenvalue weighted by Gasteiger charge is -2.26. The fourth-order valence-corrected chi connectivity index (χ4v) is 1.65. The number of hydrogen-bond donors (Lipinski definition) is 1. The van der Waals surface area contributed by atoms with Gasteiger partial charge in [0.2, 0.25) is 0 Å². The van der Waals surface area contributed by atoms with Crippen LogP contribution >= 0.6 is 0 Å². The Hall–Kier alpha value is -0.900. The van der Waals surface area contributed by atoms with Gasteiger partial charge in [-0.1, -0.05) is 13.8 Å². The van der Waals surface area contributed by atoms with Gasteiger partial charge in [0.05, 0.1) is 0 Å². The normalized spacial score (nSPS) is 12.4. The van der Waals surface area contributed by atoms with E-state index in [1.54, 1.807) is 6.33 Å². The minimum absolute atomic E-state index is 0.139. The zero-order chi connectivity index (χ0) is 11.5. The number of nitrogens with two attached hydrogens (primary N) is 1. The summed E-state index contributed by atoms with van der Waals surface area (Å²) in [6.07, 6.45) is 4.35. The Balaban J connectivity index is 2.84. The summed E-state index contributed by atoms with van der Waals surface area (Å²) < 4.78 is 1.95. The van der Waals surface area contributed by atoms with E-state index in [0.29, 0.717) is 6.04 Å². The van der Waals surface area contributed by atoms with Crippen molar-refractivity contribution in [2.45, 2.75) is 58.5 Å². The van der Waals surface area contributed by atoms with Crippen LogP contribution in [0.1, 0.15) is 52.4 Å². The predicted molar refractivity (Wildman–Crippen MR) is 61.6 cm³/mol. The smallest absolute Gasteiger partial charge is 0.138 e. The lowest BCUT2D eigenvalue weighted by Crippen LogP contribution is -2.41. The molecule has 86 valence electrons. The van der Waals surface area contributed by atoms with Crippen molar-refractivity contribution in [2.24, 2.45) is 5.73 Å². The molecule has 0 radical (unpaired) electrons. The van der Waals surface area contributed by atoms with Crippen molar-refractivity contribution >= 4 is 0 Å². The van der Waals surface area contributed by atoms with Gasteiger partial charge in [-0.25, -0.2) is 9.67 Å². The maximum Gasteiger partial charge on any atom is 0.138 e. The fraction of sp³-hybridized carbons (Fsp3) is 0.818. The average Bonchev–Trinajstić information content (AvgIpc) is 2.65. The maximum absolute atomic E-state index is 6.28. The molecular weight excluding hydrogens is 188 g/mol. The van der Waals surface area contributed by atoms with Crippen LogP contribution in [0.5, 0.6) is 0 Å². The molecule has 1 rings (SSSR count). The molecule has 0 aliphatic rings. The highest BCUT2D eigenvalue weighted by Crippen LogP contribution is 2.18. The molecule has 15 heavy (non-hydrogen) atoms. The molecule has 0 aliphatic carbocycles. The van der Waals surface area contributed by atoms with Crippen LogP contribution in [-0.4, -0.2) is 20.3 Å². The van der Waals surface area contributed by atoms with Crippen molar-refractivity contribution < 1.29 is 0 Å². The standard InChI is InChI=1S/C11H22N4/c1-5-11(12,6-2)7-10-13-8-14-15(10)9(3)4/h8-9H,5-7,12H2,1-4H3. The topological polar surface area (TPSA) is 56.7 Å². The third-order valence-electron chi connectivity index (χ3n) is 3.05. The minimum atomic E-state index is -0.139. The molecule has 1 aromatic heterocycles. The first-order chi connectivity index (χ1) is 7.02. The van der Waals surface area contributed by atoms with Gasteiger partial charge in [0, 0.05) is 18.0 Å². The summed E-state index contributed by atoms with van der Waals surface area (Å²) >= 11 is 0. The third kappa shape index (κ3) is 2.78. The van der Waals surface area contributed by atoms with Crippen LogP contribution < -0.4 is 5.73 Å². The molecule has 0 saturated carbocycles. The van der Waals surface area contributed by atoms with Crippen LogP contribution in [-0.2, 0) is 6.42 Å². The van der Waals surface area contributed by atoms with E-state index in [1.165, 1.54) is 0 Å². The first-order valence-corrected chi connectivity index (χ1v) is 5.69. The molecule has 0 aliphatic heterocycles. The van der Waals surface area contributed by atoms with Gasteiger partial charge in [-0.15, -0.1) is 0 Å². The summed E-state index contributed by atoms with van der Waals surface area (Å²) in [4.78, 5) is 4.29.